The van der Waals surface area contributed by atoms with Crippen LogP contribution < -0.4 is 10.1 Å². The quantitative estimate of drug-likeness (QED) is 0.678. The van der Waals surface area contributed by atoms with Crippen LogP contribution in [0.5, 0.6) is 5.75 Å². The van der Waals surface area contributed by atoms with Gasteiger partial charge in [0.15, 0.2) is 17.4 Å². The van der Waals surface area contributed by atoms with Gasteiger partial charge in [-0.15, -0.1) is 0 Å². The highest BCUT2D eigenvalue weighted by atomic mass is 19.2. The molecule has 0 amide bonds. The third kappa shape index (κ3) is 3.17. The van der Waals surface area contributed by atoms with Gasteiger partial charge in [-0.1, -0.05) is 30.3 Å². The summed E-state index contributed by atoms with van der Waals surface area (Å²) in [6.45, 7) is 1.35. The lowest BCUT2D eigenvalue weighted by Gasteiger charge is -2.25. The first-order valence-corrected chi connectivity index (χ1v) is 7.33. The van der Waals surface area contributed by atoms with E-state index >= 15 is 0 Å². The van der Waals surface area contributed by atoms with Gasteiger partial charge in [-0.25, -0.2) is 8.78 Å². The van der Waals surface area contributed by atoms with E-state index in [1.165, 1.54) is 0 Å². The monoisotopic (exact) mass is 325 g/mol. The molecule has 6 heteroatoms. The zero-order valence-electron chi connectivity index (χ0n) is 12.2. The lowest BCUT2D eigenvalue weighted by molar-refractivity contribution is 0.128. The minimum atomic E-state index is -1.52. The Morgan fingerprint density at radius 3 is 2.22 bits per heavy atom. The number of hydrogen-bond donors (Lipinski definition) is 1. The van der Waals surface area contributed by atoms with Crippen LogP contribution in [0.25, 0.3) is 0 Å². The maximum Gasteiger partial charge on any atom is 0.203 e. The molecule has 0 bridgehead atoms. The minimum absolute atomic E-state index is 0.0532. The van der Waals surface area contributed by atoms with Crippen molar-refractivity contribution in [2.24, 2.45) is 5.92 Å². The van der Waals surface area contributed by atoms with Gasteiger partial charge in [-0.2, -0.15) is 8.78 Å². The Labute approximate surface area is 131 Å². The van der Waals surface area contributed by atoms with Crippen molar-refractivity contribution >= 4 is 0 Å². The number of hydrogen-bond acceptors (Lipinski definition) is 2. The third-order valence-corrected chi connectivity index (χ3v) is 3.97. The lowest BCUT2D eigenvalue weighted by Crippen LogP contribution is -2.22. The Hall–Kier alpha value is -2.08. The van der Waals surface area contributed by atoms with Crippen molar-refractivity contribution in [3.05, 3.63) is 65.2 Å². The highest BCUT2D eigenvalue weighted by Gasteiger charge is 2.31. The average Bonchev–Trinajstić information content (AvgIpc) is 3.08. The van der Waals surface area contributed by atoms with Crippen LogP contribution in [0.1, 0.15) is 18.1 Å². The van der Waals surface area contributed by atoms with Gasteiger partial charge < -0.3 is 10.1 Å². The van der Waals surface area contributed by atoms with Crippen LogP contribution in [-0.2, 0) is 0 Å². The average molecular weight is 325 g/mol. The molecule has 3 rings (SSSR count). The molecule has 1 aliphatic rings. The van der Waals surface area contributed by atoms with Gasteiger partial charge in [-0.3, -0.25) is 0 Å². The summed E-state index contributed by atoms with van der Waals surface area (Å²) in [5.41, 5.74) is 0.699. The second-order valence-corrected chi connectivity index (χ2v) is 5.50. The topological polar surface area (TPSA) is 21.3 Å². The van der Waals surface area contributed by atoms with Crippen LogP contribution in [0.15, 0.2) is 36.4 Å². The fourth-order valence-corrected chi connectivity index (χ4v) is 2.80. The molecule has 0 radical (unpaired) electrons. The fourth-order valence-electron chi connectivity index (χ4n) is 2.80. The van der Waals surface area contributed by atoms with E-state index in [0.717, 1.165) is 13.0 Å². The minimum Gasteiger partial charge on any atom is -0.479 e. The molecule has 0 spiro atoms. The van der Waals surface area contributed by atoms with Gasteiger partial charge in [0.2, 0.25) is 11.6 Å². The van der Waals surface area contributed by atoms with Crippen molar-refractivity contribution in [1.82, 2.24) is 5.32 Å². The van der Waals surface area contributed by atoms with Crippen LogP contribution in [0.2, 0.25) is 0 Å². The number of rotatable bonds is 4. The second-order valence-electron chi connectivity index (χ2n) is 5.50. The molecule has 1 saturated heterocycles. The molecule has 1 fully saturated rings. The Morgan fingerprint density at radius 1 is 1.00 bits per heavy atom. The van der Waals surface area contributed by atoms with Gasteiger partial charge in [0, 0.05) is 18.5 Å². The summed E-state index contributed by atoms with van der Waals surface area (Å²) in [6.07, 6.45) is 0.0389. The second kappa shape index (κ2) is 6.58. The van der Waals surface area contributed by atoms with Crippen molar-refractivity contribution in [2.45, 2.75) is 12.5 Å². The summed E-state index contributed by atoms with van der Waals surface area (Å²) in [4.78, 5) is 0. The van der Waals surface area contributed by atoms with E-state index in [1.54, 1.807) is 30.3 Å². The van der Waals surface area contributed by atoms with Gasteiger partial charge in [0.05, 0.1) is 0 Å². The highest BCUT2D eigenvalue weighted by Crippen LogP contribution is 2.35. The van der Waals surface area contributed by atoms with Gasteiger partial charge >= 0.3 is 0 Å². The lowest BCUT2D eigenvalue weighted by atomic mass is 9.95. The van der Waals surface area contributed by atoms with Crippen LogP contribution >= 0.6 is 0 Å². The summed E-state index contributed by atoms with van der Waals surface area (Å²) >= 11 is 0. The summed E-state index contributed by atoms with van der Waals surface area (Å²) in [6, 6.07) is 9.03. The smallest absolute Gasteiger partial charge is 0.203 e. The van der Waals surface area contributed by atoms with Gasteiger partial charge in [-0.05, 0) is 18.5 Å². The SMILES string of the molecule is Fc1cc(F)c(F)c(O[C@H](c2ccccc2)[C@@H]2CCNC2)c1F. The number of nitrogens with one attached hydrogen (secondary N) is 1. The molecule has 1 N–H and O–H groups in total. The van der Waals surface area contributed by atoms with E-state index in [1.807, 2.05) is 0 Å². The van der Waals surface area contributed by atoms with E-state index in [9.17, 15) is 17.6 Å². The summed E-state index contributed by atoms with van der Waals surface area (Å²) < 4.78 is 60.0. The Morgan fingerprint density at radius 2 is 1.65 bits per heavy atom. The third-order valence-electron chi connectivity index (χ3n) is 3.97. The largest absolute Gasteiger partial charge is 0.479 e. The molecular formula is C17H15F4NO. The zero-order valence-corrected chi connectivity index (χ0v) is 12.2. The van der Waals surface area contributed by atoms with E-state index in [0.29, 0.717) is 12.1 Å². The molecule has 2 aromatic rings. The Kier molecular flexibility index (Phi) is 4.52. The Bertz CT molecular complexity index is 660. The van der Waals surface area contributed by atoms with Crippen molar-refractivity contribution in [2.75, 3.05) is 13.1 Å². The molecule has 122 valence electrons. The van der Waals surface area contributed by atoms with Crippen LogP contribution in [0.4, 0.5) is 17.6 Å². The van der Waals surface area contributed by atoms with Crippen LogP contribution in [0.3, 0.4) is 0 Å². The zero-order chi connectivity index (χ0) is 16.4. The van der Waals surface area contributed by atoms with Crippen LogP contribution in [-0.4, -0.2) is 13.1 Å². The number of halogens is 4. The predicted octanol–water partition coefficient (Wildman–Crippen LogP) is 3.97. The van der Waals surface area contributed by atoms with Crippen molar-refractivity contribution in [3.63, 3.8) is 0 Å². The first-order chi connectivity index (χ1) is 11.1. The molecule has 2 nitrogen and oxygen atoms in total. The highest BCUT2D eigenvalue weighted by molar-refractivity contribution is 5.30. The van der Waals surface area contributed by atoms with Crippen molar-refractivity contribution < 1.29 is 22.3 Å². The molecule has 2 aromatic carbocycles. The molecule has 23 heavy (non-hydrogen) atoms. The van der Waals surface area contributed by atoms with E-state index in [4.69, 9.17) is 4.74 Å². The molecule has 0 aromatic heterocycles. The predicted molar refractivity (Wildman–Crippen MR) is 77.1 cm³/mol. The van der Waals surface area contributed by atoms with E-state index in [-0.39, 0.29) is 12.0 Å². The first-order valence-electron chi connectivity index (χ1n) is 7.33. The molecular weight excluding hydrogens is 310 g/mol. The summed E-state index contributed by atoms with van der Waals surface area (Å²) in [5, 5.41) is 3.14. The molecule has 1 aliphatic heterocycles. The van der Waals surface area contributed by atoms with Gasteiger partial charge in [0.1, 0.15) is 6.10 Å². The molecule has 0 unspecified atom stereocenters. The standard InChI is InChI=1S/C17H15F4NO/c18-12-8-13(19)15(21)17(14(12)20)23-16(11-6-7-22-9-11)10-4-2-1-3-5-10/h1-5,8,11,16,22H,6-7,9H2/t11-,16-/m1/s1. The van der Waals surface area contributed by atoms with E-state index < -0.39 is 35.1 Å². The number of benzene rings is 2. The Balaban J connectivity index is 1.99. The van der Waals surface area contributed by atoms with Gasteiger partial charge in [0.25, 0.3) is 0 Å². The summed E-state index contributed by atoms with van der Waals surface area (Å²) in [5.74, 6) is -7.05. The number of ether oxygens (including phenoxy) is 1. The first kappa shape index (κ1) is 15.8. The van der Waals surface area contributed by atoms with Crippen molar-refractivity contribution in [1.29, 1.82) is 0 Å². The fraction of sp³-hybridized carbons (Fsp3) is 0.294. The molecule has 2 atom stereocenters. The van der Waals surface area contributed by atoms with E-state index in [2.05, 4.69) is 5.32 Å². The normalized spacial score (nSPS) is 18.9. The maximum absolute atomic E-state index is 13.9. The molecule has 0 aliphatic carbocycles. The van der Waals surface area contributed by atoms with Crippen molar-refractivity contribution in [3.8, 4) is 5.75 Å². The summed E-state index contributed by atoms with van der Waals surface area (Å²) in [7, 11) is 0. The maximum atomic E-state index is 13.9. The molecule has 0 saturated carbocycles. The van der Waals surface area contributed by atoms with Crippen LogP contribution in [0, 0.1) is 29.2 Å². The molecule has 1 heterocycles.